The van der Waals surface area contributed by atoms with Crippen LogP contribution < -0.4 is 5.32 Å². The summed E-state index contributed by atoms with van der Waals surface area (Å²) in [5.41, 5.74) is 3.55. The van der Waals surface area contributed by atoms with Gasteiger partial charge in [-0.2, -0.15) is 0 Å². The topological polar surface area (TPSA) is 95.9 Å². The third-order valence-corrected chi connectivity index (χ3v) is 7.28. The highest BCUT2D eigenvalue weighted by atomic mass is 16.5. The quantitative estimate of drug-likeness (QED) is 0.559. The van der Waals surface area contributed by atoms with E-state index in [1.807, 2.05) is 24.3 Å². The fraction of sp³-hybridized carbons (Fsp3) is 0.444. The van der Waals surface area contributed by atoms with Gasteiger partial charge in [0.1, 0.15) is 12.1 Å². The first-order valence-corrected chi connectivity index (χ1v) is 12.0. The van der Waals surface area contributed by atoms with E-state index in [1.54, 1.807) is 7.05 Å². The number of hydrogen-bond donors (Lipinski definition) is 2. The maximum atomic E-state index is 12.6. The molecule has 0 radical (unpaired) electrons. The van der Waals surface area contributed by atoms with Crippen molar-refractivity contribution < 1.29 is 24.2 Å². The highest BCUT2D eigenvalue weighted by Gasteiger charge is 2.45. The van der Waals surface area contributed by atoms with Crippen molar-refractivity contribution in [3.63, 3.8) is 0 Å². The lowest BCUT2D eigenvalue weighted by Crippen LogP contribution is -2.56. The number of ether oxygens (including phenoxy) is 1. The van der Waals surface area contributed by atoms with Gasteiger partial charge in [0.2, 0.25) is 5.91 Å². The Morgan fingerprint density at radius 2 is 1.59 bits per heavy atom. The van der Waals surface area contributed by atoms with Crippen LogP contribution in [0.2, 0.25) is 0 Å². The normalized spacial score (nSPS) is 16.3. The Kier molecular flexibility index (Phi) is 7.20. The van der Waals surface area contributed by atoms with Crippen molar-refractivity contribution in [1.29, 1.82) is 0 Å². The molecule has 0 spiro atoms. The van der Waals surface area contributed by atoms with Gasteiger partial charge < -0.3 is 20.1 Å². The highest BCUT2D eigenvalue weighted by Crippen LogP contribution is 2.44. The summed E-state index contributed by atoms with van der Waals surface area (Å²) in [6, 6.07) is 16.3. The molecular formula is C27H32N2O5. The van der Waals surface area contributed by atoms with Crippen LogP contribution in [0, 0.1) is 0 Å². The molecule has 7 nitrogen and oxygen atoms in total. The molecule has 2 aliphatic carbocycles. The van der Waals surface area contributed by atoms with Crippen LogP contribution in [-0.2, 0) is 14.3 Å². The molecule has 0 saturated heterocycles. The smallest absolute Gasteiger partial charge is 0.407 e. The molecule has 1 saturated carbocycles. The van der Waals surface area contributed by atoms with Gasteiger partial charge in [0, 0.05) is 25.9 Å². The molecule has 1 fully saturated rings. The highest BCUT2D eigenvalue weighted by molar-refractivity contribution is 5.87. The van der Waals surface area contributed by atoms with Crippen molar-refractivity contribution >= 4 is 18.0 Å². The average molecular weight is 465 g/mol. The second kappa shape index (κ2) is 10.3. The number of aliphatic carboxylic acids is 1. The number of likely N-dealkylation sites (N-methyl/N-ethyl adjacent to an activating group) is 1. The van der Waals surface area contributed by atoms with Gasteiger partial charge in [-0.05, 0) is 41.5 Å². The van der Waals surface area contributed by atoms with E-state index in [1.165, 1.54) is 16.0 Å². The zero-order valence-corrected chi connectivity index (χ0v) is 19.6. The van der Waals surface area contributed by atoms with E-state index >= 15 is 0 Å². The molecule has 4 rings (SSSR count). The maximum absolute atomic E-state index is 12.6. The van der Waals surface area contributed by atoms with Gasteiger partial charge in [0.15, 0.2) is 0 Å². The maximum Gasteiger partial charge on any atom is 0.407 e. The average Bonchev–Trinajstić information content (AvgIpc) is 3.18. The Labute approximate surface area is 200 Å². The number of amides is 2. The van der Waals surface area contributed by atoms with Gasteiger partial charge in [0.25, 0.3) is 0 Å². The lowest BCUT2D eigenvalue weighted by molar-refractivity contribution is -0.160. The molecule has 34 heavy (non-hydrogen) atoms. The van der Waals surface area contributed by atoms with E-state index in [-0.39, 0.29) is 31.4 Å². The summed E-state index contributed by atoms with van der Waals surface area (Å²) < 4.78 is 5.51. The third-order valence-electron chi connectivity index (χ3n) is 7.28. The number of hydrogen-bond acceptors (Lipinski definition) is 4. The number of nitrogens with zero attached hydrogens (tertiary/aromatic N) is 1. The van der Waals surface area contributed by atoms with Crippen LogP contribution in [0.15, 0.2) is 48.5 Å². The molecular weight excluding hydrogens is 432 g/mol. The largest absolute Gasteiger partial charge is 0.479 e. The molecule has 2 N–H and O–H groups in total. The number of rotatable bonds is 8. The van der Waals surface area contributed by atoms with E-state index < -0.39 is 17.6 Å². The summed E-state index contributed by atoms with van der Waals surface area (Å²) >= 11 is 0. The molecule has 0 aromatic heterocycles. The number of carboxylic acids is 1. The standard InChI is InChI=1S/C27H32N2O5/c1-29(27(25(31)32)15-7-2-8-16-27)24(30)14-9-17-28-26(33)34-18-23-21-12-5-3-10-19(21)20-11-4-6-13-22(20)23/h3-6,10-13,23H,2,7-9,14-18H2,1H3,(H,28,33)(H,31,32). The SMILES string of the molecule is CN(C(=O)CCCNC(=O)OCC1c2ccccc2-c2ccccc21)C1(C(=O)O)CCCCC1. The second-order valence-corrected chi connectivity index (χ2v) is 9.21. The molecule has 180 valence electrons. The Morgan fingerprint density at radius 3 is 2.18 bits per heavy atom. The number of benzene rings is 2. The third kappa shape index (κ3) is 4.65. The Bertz CT molecular complexity index is 1010. The molecule has 2 aromatic rings. The predicted molar refractivity (Wildman–Crippen MR) is 129 cm³/mol. The van der Waals surface area contributed by atoms with Crippen LogP contribution in [-0.4, -0.2) is 53.7 Å². The molecule has 0 aliphatic heterocycles. The number of alkyl carbamates (subject to hydrolysis) is 1. The van der Waals surface area contributed by atoms with Gasteiger partial charge in [-0.3, -0.25) is 4.79 Å². The number of nitrogens with one attached hydrogen (secondary N) is 1. The molecule has 7 heteroatoms. The van der Waals surface area contributed by atoms with Crippen molar-refractivity contribution in [3.05, 3.63) is 59.7 Å². The lowest BCUT2D eigenvalue weighted by atomic mass is 9.80. The monoisotopic (exact) mass is 464 g/mol. The minimum atomic E-state index is -1.10. The lowest BCUT2D eigenvalue weighted by Gasteiger charge is -2.41. The molecule has 0 bridgehead atoms. The first-order chi connectivity index (χ1) is 16.4. The second-order valence-electron chi connectivity index (χ2n) is 9.21. The van der Waals surface area contributed by atoms with Crippen LogP contribution in [0.25, 0.3) is 11.1 Å². The predicted octanol–water partition coefficient (Wildman–Crippen LogP) is 4.55. The fourth-order valence-electron chi connectivity index (χ4n) is 5.32. The first-order valence-electron chi connectivity index (χ1n) is 12.0. The van der Waals surface area contributed by atoms with Crippen LogP contribution >= 0.6 is 0 Å². The van der Waals surface area contributed by atoms with Crippen LogP contribution in [0.5, 0.6) is 0 Å². The van der Waals surface area contributed by atoms with E-state index in [4.69, 9.17) is 4.74 Å². The van der Waals surface area contributed by atoms with Crippen LogP contribution in [0.3, 0.4) is 0 Å². The fourth-order valence-corrected chi connectivity index (χ4v) is 5.32. The van der Waals surface area contributed by atoms with Crippen molar-refractivity contribution in [2.24, 2.45) is 0 Å². The molecule has 2 amide bonds. The van der Waals surface area contributed by atoms with Crippen molar-refractivity contribution in [2.75, 3.05) is 20.2 Å². The van der Waals surface area contributed by atoms with Gasteiger partial charge in [-0.15, -0.1) is 0 Å². The first kappa shape index (κ1) is 23.8. The molecule has 0 heterocycles. The van der Waals surface area contributed by atoms with Crippen molar-refractivity contribution in [3.8, 4) is 11.1 Å². The van der Waals surface area contributed by atoms with Gasteiger partial charge >= 0.3 is 12.1 Å². The molecule has 2 aromatic carbocycles. The Hall–Kier alpha value is -3.35. The Morgan fingerprint density at radius 1 is 1.00 bits per heavy atom. The zero-order chi connectivity index (χ0) is 24.1. The number of carbonyl (C=O) groups is 3. The summed E-state index contributed by atoms with van der Waals surface area (Å²) in [5, 5.41) is 12.5. The molecule has 0 atom stereocenters. The van der Waals surface area contributed by atoms with E-state index in [2.05, 4.69) is 29.6 Å². The summed E-state index contributed by atoms with van der Waals surface area (Å²) in [7, 11) is 1.58. The van der Waals surface area contributed by atoms with E-state index in [9.17, 15) is 19.5 Å². The number of carboxylic acid groups (broad SMARTS) is 1. The van der Waals surface area contributed by atoms with Crippen molar-refractivity contribution in [2.45, 2.75) is 56.4 Å². The minimum Gasteiger partial charge on any atom is -0.479 e. The van der Waals surface area contributed by atoms with Gasteiger partial charge in [-0.1, -0.05) is 67.8 Å². The number of fused-ring (bicyclic) bond motifs is 3. The van der Waals surface area contributed by atoms with Gasteiger partial charge in [0.05, 0.1) is 0 Å². The van der Waals surface area contributed by atoms with Gasteiger partial charge in [-0.25, -0.2) is 9.59 Å². The van der Waals surface area contributed by atoms with E-state index in [0.29, 0.717) is 19.3 Å². The molecule has 0 unspecified atom stereocenters. The summed E-state index contributed by atoms with van der Waals surface area (Å²) in [6.45, 7) is 0.527. The summed E-state index contributed by atoms with van der Waals surface area (Å²) in [6.07, 6.45) is 3.68. The molecule has 2 aliphatic rings. The van der Waals surface area contributed by atoms with Crippen LogP contribution in [0.1, 0.15) is 62.0 Å². The van der Waals surface area contributed by atoms with Crippen molar-refractivity contribution in [1.82, 2.24) is 10.2 Å². The van der Waals surface area contributed by atoms with E-state index in [0.717, 1.165) is 30.4 Å². The summed E-state index contributed by atoms with van der Waals surface area (Å²) in [5.74, 6) is -1.14. The van der Waals surface area contributed by atoms with Crippen LogP contribution in [0.4, 0.5) is 4.79 Å². The zero-order valence-electron chi connectivity index (χ0n) is 19.6. The number of carbonyl (C=O) groups excluding carboxylic acids is 2. The Balaban J connectivity index is 1.24. The summed E-state index contributed by atoms with van der Waals surface area (Å²) in [4.78, 5) is 38.2. The minimum absolute atomic E-state index is 0.00363.